The lowest BCUT2D eigenvalue weighted by Crippen LogP contribution is -2.45. The van der Waals surface area contributed by atoms with Crippen molar-refractivity contribution in [2.45, 2.75) is 29.7 Å². The third-order valence-electron chi connectivity index (χ3n) is 3.59. The summed E-state index contributed by atoms with van der Waals surface area (Å²) in [6.07, 6.45) is -4.90. The predicted octanol–water partition coefficient (Wildman–Crippen LogP) is 2.48. The molecule has 0 fully saturated rings. The average Bonchev–Trinajstić information content (AvgIpc) is 2.57. The van der Waals surface area contributed by atoms with Gasteiger partial charge in [0, 0.05) is 11.0 Å². The molecule has 13 heteroatoms. The molecule has 28 heavy (non-hydrogen) atoms. The van der Waals surface area contributed by atoms with Gasteiger partial charge in [-0.1, -0.05) is 18.5 Å². The number of nitrogen functional groups attached to an aromatic ring is 1. The van der Waals surface area contributed by atoms with Crippen LogP contribution < -0.4 is 17.1 Å². The number of halogens is 5. The van der Waals surface area contributed by atoms with Gasteiger partial charge in [0.2, 0.25) is 0 Å². The van der Waals surface area contributed by atoms with E-state index in [1.54, 1.807) is 6.92 Å². The maximum absolute atomic E-state index is 14.3. The van der Waals surface area contributed by atoms with Gasteiger partial charge in [-0.15, -0.1) is 11.8 Å². The SMILES string of the molecule is CCC(Sc1cc(-n2c(=O)cc(C(F)(F)F)n(N)c2=O)c(F)cc1Cl)C(=O)O. The first-order chi connectivity index (χ1) is 12.9. The average molecular weight is 442 g/mol. The summed E-state index contributed by atoms with van der Waals surface area (Å²) in [5, 5.41) is 7.97. The van der Waals surface area contributed by atoms with E-state index in [0.29, 0.717) is 0 Å². The van der Waals surface area contributed by atoms with Crippen molar-refractivity contribution in [2.75, 3.05) is 5.84 Å². The smallest absolute Gasteiger partial charge is 0.433 e. The Bertz CT molecular complexity index is 1050. The van der Waals surface area contributed by atoms with Crippen LogP contribution >= 0.6 is 23.4 Å². The van der Waals surface area contributed by atoms with Crippen molar-refractivity contribution < 1.29 is 27.5 Å². The maximum atomic E-state index is 14.3. The van der Waals surface area contributed by atoms with Crippen molar-refractivity contribution in [1.29, 1.82) is 0 Å². The topological polar surface area (TPSA) is 107 Å². The molecular weight excluding hydrogens is 430 g/mol. The van der Waals surface area contributed by atoms with Crippen LogP contribution in [0.1, 0.15) is 19.0 Å². The van der Waals surface area contributed by atoms with Crippen molar-refractivity contribution in [3.05, 3.63) is 55.6 Å². The van der Waals surface area contributed by atoms with E-state index in [9.17, 15) is 31.9 Å². The molecule has 1 atom stereocenters. The molecule has 2 aromatic rings. The van der Waals surface area contributed by atoms with Crippen LogP contribution in [-0.2, 0) is 11.0 Å². The first-order valence-corrected chi connectivity index (χ1v) is 8.74. The van der Waals surface area contributed by atoms with Gasteiger partial charge >= 0.3 is 17.8 Å². The lowest BCUT2D eigenvalue weighted by molar-refractivity contribution is -0.143. The van der Waals surface area contributed by atoms with Gasteiger partial charge in [0.25, 0.3) is 5.56 Å². The zero-order chi connectivity index (χ0) is 21.4. The van der Waals surface area contributed by atoms with E-state index in [1.807, 2.05) is 0 Å². The van der Waals surface area contributed by atoms with E-state index in [0.717, 1.165) is 23.9 Å². The summed E-state index contributed by atoms with van der Waals surface area (Å²) < 4.78 is 52.7. The molecule has 0 saturated heterocycles. The normalized spacial score (nSPS) is 12.8. The molecule has 1 aromatic heterocycles. The first-order valence-electron chi connectivity index (χ1n) is 7.48. The van der Waals surface area contributed by atoms with E-state index in [1.165, 1.54) is 0 Å². The van der Waals surface area contributed by atoms with E-state index < -0.39 is 45.8 Å². The predicted molar refractivity (Wildman–Crippen MR) is 94.0 cm³/mol. The molecule has 0 amide bonds. The molecule has 152 valence electrons. The van der Waals surface area contributed by atoms with E-state index in [4.69, 9.17) is 22.6 Å². The number of nitrogens with zero attached hydrogens (tertiary/aromatic N) is 2. The fourth-order valence-electron chi connectivity index (χ4n) is 2.24. The number of thioether (sulfide) groups is 1. The van der Waals surface area contributed by atoms with Crippen molar-refractivity contribution in [3.8, 4) is 5.69 Å². The molecule has 0 aliphatic rings. The minimum atomic E-state index is -5.08. The quantitative estimate of drug-likeness (QED) is 0.419. The number of alkyl halides is 3. The molecule has 0 aliphatic carbocycles. The monoisotopic (exact) mass is 441 g/mol. The van der Waals surface area contributed by atoms with Crippen LogP contribution in [0.3, 0.4) is 0 Å². The number of nitrogens with two attached hydrogens (primary N) is 1. The minimum Gasteiger partial charge on any atom is -0.480 e. The molecule has 1 unspecified atom stereocenters. The highest BCUT2D eigenvalue weighted by molar-refractivity contribution is 8.00. The standard InChI is InChI=1S/C15H12ClF4N3O4S/c1-2-9(13(25)26)28-10-4-8(7(17)3-6(10)16)22-12(24)5-11(15(18,19)20)23(21)14(22)27/h3-5,9H,2,21H2,1H3,(H,25,26). The molecule has 0 radical (unpaired) electrons. The summed E-state index contributed by atoms with van der Waals surface area (Å²) in [6, 6.07) is 1.68. The molecular formula is C15H12ClF4N3O4S. The fourth-order valence-corrected chi connectivity index (χ4v) is 3.45. The molecule has 7 nitrogen and oxygen atoms in total. The summed E-state index contributed by atoms with van der Waals surface area (Å²) in [5.41, 5.74) is -5.53. The van der Waals surface area contributed by atoms with Crippen LogP contribution in [0.15, 0.2) is 32.7 Å². The Morgan fingerprint density at radius 2 is 1.93 bits per heavy atom. The largest absolute Gasteiger partial charge is 0.480 e. The van der Waals surface area contributed by atoms with Gasteiger partial charge in [0.1, 0.15) is 11.1 Å². The number of aromatic nitrogens is 2. The van der Waals surface area contributed by atoms with Crippen molar-refractivity contribution in [1.82, 2.24) is 9.24 Å². The highest BCUT2D eigenvalue weighted by Crippen LogP contribution is 2.34. The Morgan fingerprint density at radius 3 is 2.43 bits per heavy atom. The second-order valence-corrected chi connectivity index (χ2v) is 7.09. The van der Waals surface area contributed by atoms with Crippen LogP contribution in [0.2, 0.25) is 5.02 Å². The van der Waals surface area contributed by atoms with Crippen LogP contribution in [0.4, 0.5) is 17.6 Å². The summed E-state index contributed by atoms with van der Waals surface area (Å²) in [6.45, 7) is 1.58. The number of carboxylic acid groups (broad SMARTS) is 1. The highest BCUT2D eigenvalue weighted by atomic mass is 35.5. The van der Waals surface area contributed by atoms with Gasteiger partial charge in [-0.3, -0.25) is 9.59 Å². The molecule has 1 heterocycles. The van der Waals surface area contributed by atoms with Gasteiger partial charge in [0.05, 0.1) is 10.7 Å². The lowest BCUT2D eigenvalue weighted by atomic mass is 10.3. The Kier molecular flexibility index (Phi) is 6.14. The van der Waals surface area contributed by atoms with E-state index in [2.05, 4.69) is 0 Å². The molecule has 0 saturated carbocycles. The van der Waals surface area contributed by atoms with Gasteiger partial charge in [0.15, 0.2) is 5.69 Å². The second-order valence-electron chi connectivity index (χ2n) is 5.44. The molecule has 0 bridgehead atoms. The highest BCUT2D eigenvalue weighted by Gasteiger charge is 2.36. The third kappa shape index (κ3) is 4.17. The van der Waals surface area contributed by atoms with Gasteiger partial charge in [-0.05, 0) is 18.6 Å². The maximum Gasteiger partial charge on any atom is 0.433 e. The molecule has 2 rings (SSSR count). The summed E-state index contributed by atoms with van der Waals surface area (Å²) >= 11 is 6.62. The van der Waals surface area contributed by atoms with Gasteiger partial charge in [-0.25, -0.2) is 18.4 Å². The number of hydrogen-bond donors (Lipinski definition) is 2. The number of carboxylic acids is 1. The Hall–Kier alpha value is -2.47. The zero-order valence-corrected chi connectivity index (χ0v) is 15.5. The van der Waals surface area contributed by atoms with Crippen molar-refractivity contribution >= 4 is 29.3 Å². The van der Waals surface area contributed by atoms with Crippen LogP contribution in [0.25, 0.3) is 5.69 Å². The number of aliphatic carboxylic acids is 1. The third-order valence-corrected chi connectivity index (χ3v) is 5.42. The molecule has 0 spiro atoms. The summed E-state index contributed by atoms with van der Waals surface area (Å²) in [4.78, 5) is 35.5. The second kappa shape index (κ2) is 7.87. The zero-order valence-electron chi connectivity index (χ0n) is 14.0. The number of hydrogen-bond acceptors (Lipinski definition) is 5. The lowest BCUT2D eigenvalue weighted by Gasteiger charge is -2.16. The molecule has 1 aromatic carbocycles. The van der Waals surface area contributed by atoms with Gasteiger partial charge in [-0.2, -0.15) is 13.2 Å². The van der Waals surface area contributed by atoms with Crippen LogP contribution in [0, 0.1) is 5.82 Å². The Morgan fingerprint density at radius 1 is 1.32 bits per heavy atom. The van der Waals surface area contributed by atoms with Crippen LogP contribution in [-0.4, -0.2) is 25.6 Å². The summed E-state index contributed by atoms with van der Waals surface area (Å²) in [5.74, 6) is 2.77. The van der Waals surface area contributed by atoms with Crippen molar-refractivity contribution in [3.63, 3.8) is 0 Å². The van der Waals surface area contributed by atoms with E-state index in [-0.39, 0.29) is 31.6 Å². The van der Waals surface area contributed by atoms with E-state index >= 15 is 0 Å². The van der Waals surface area contributed by atoms with Crippen LogP contribution in [0.5, 0.6) is 0 Å². The summed E-state index contributed by atoms with van der Waals surface area (Å²) in [7, 11) is 0. The number of rotatable bonds is 5. The fraction of sp³-hybridized carbons (Fsp3) is 0.267. The molecule has 3 N–H and O–H groups in total. The molecule has 0 aliphatic heterocycles. The number of carbonyl (C=O) groups is 1. The first kappa shape index (κ1) is 21.8. The Labute approximate surface area is 163 Å². The van der Waals surface area contributed by atoms with Gasteiger partial charge < -0.3 is 10.9 Å². The van der Waals surface area contributed by atoms with Crippen molar-refractivity contribution in [2.24, 2.45) is 0 Å². The number of benzene rings is 1. The minimum absolute atomic E-state index is 0.0158. The Balaban J connectivity index is 2.71.